The first-order valence-electron chi connectivity index (χ1n) is 10.00. The number of aliphatic hydroxyl groups is 1. The first-order chi connectivity index (χ1) is 17.7. The molecule has 0 heterocycles. The van der Waals surface area contributed by atoms with Crippen LogP contribution in [-0.2, 0) is 47.9 Å². The summed E-state index contributed by atoms with van der Waals surface area (Å²) in [6, 6.07) is 0. The van der Waals surface area contributed by atoms with E-state index >= 15 is 0 Å². The van der Waals surface area contributed by atoms with Gasteiger partial charge in [-0.15, -0.1) is 0 Å². The normalized spacial score (nSPS) is 6.75. The van der Waals surface area contributed by atoms with Crippen molar-refractivity contribution in [3.05, 3.63) is 0 Å². The Hall–Kier alpha value is -4.81. The lowest BCUT2D eigenvalue weighted by molar-refractivity contribution is -0.144. The Morgan fingerprint density at radius 1 is 0.425 bits per heavy atom. The van der Waals surface area contributed by atoms with E-state index in [9.17, 15) is 4.79 Å². The molecule has 0 aliphatic heterocycles. The maximum absolute atomic E-state index is 10.3. The van der Waals surface area contributed by atoms with Crippen LogP contribution in [0.2, 0.25) is 0 Å². The predicted molar refractivity (Wildman–Crippen MR) is 135 cm³/mol. The van der Waals surface area contributed by atoms with E-state index in [0.717, 1.165) is 55.4 Å². The molecule has 0 aromatic heterocycles. The molecular weight excluding hydrogens is 556 g/mol. The number of rotatable bonds is 3. The largest absolute Gasteiger partial charge is 0.481 e. The maximum atomic E-state index is 10.3. The standard InChI is InChI=1S/C5H10O3.8C2H4O2/c1-2-8-5(7)3-4-6;8*1-2(3)4/h6H,2-4H2,1H3;8*1H3,(H,3,4). The van der Waals surface area contributed by atoms with Gasteiger partial charge in [-0.3, -0.25) is 43.2 Å². The highest BCUT2D eigenvalue weighted by Crippen LogP contribution is 1.82. The topological polar surface area (TPSA) is 345 Å². The third-order valence-corrected chi connectivity index (χ3v) is 0.621. The molecule has 0 saturated carbocycles. The fourth-order valence-electron chi connectivity index (χ4n) is 0.324. The smallest absolute Gasteiger partial charge is 0.308 e. The summed E-state index contributed by atoms with van der Waals surface area (Å²) in [5.41, 5.74) is 0. The van der Waals surface area contributed by atoms with E-state index in [0.29, 0.717) is 6.61 Å². The average molecular weight is 599 g/mol. The minimum absolute atomic E-state index is 0.105. The number of ether oxygens (including phenoxy) is 1. The molecule has 0 spiro atoms. The molecular formula is C21H42O19. The highest BCUT2D eigenvalue weighted by atomic mass is 16.5. The number of carbonyl (C=O) groups is 9. The van der Waals surface area contributed by atoms with Gasteiger partial charge in [-0.1, -0.05) is 0 Å². The lowest BCUT2D eigenvalue weighted by Crippen LogP contribution is -2.05. The van der Waals surface area contributed by atoms with Crippen molar-refractivity contribution in [1.29, 1.82) is 0 Å². The first-order valence-corrected chi connectivity index (χ1v) is 10.00. The third-order valence-electron chi connectivity index (χ3n) is 0.621. The molecule has 0 fully saturated rings. The van der Waals surface area contributed by atoms with Crippen LogP contribution in [0.1, 0.15) is 68.7 Å². The summed E-state index contributed by atoms with van der Waals surface area (Å²) in [7, 11) is 0. The molecule has 19 nitrogen and oxygen atoms in total. The highest BCUT2D eigenvalue weighted by molar-refractivity contribution is 5.69. The van der Waals surface area contributed by atoms with E-state index in [2.05, 4.69) is 4.74 Å². The molecule has 240 valence electrons. The second kappa shape index (κ2) is 54.9. The van der Waals surface area contributed by atoms with Gasteiger partial charge < -0.3 is 50.7 Å². The highest BCUT2D eigenvalue weighted by Gasteiger charge is 1.96. The van der Waals surface area contributed by atoms with E-state index in [1.54, 1.807) is 6.92 Å². The van der Waals surface area contributed by atoms with Crippen molar-refractivity contribution in [2.75, 3.05) is 13.2 Å². The van der Waals surface area contributed by atoms with Crippen LogP contribution < -0.4 is 0 Å². The molecule has 0 radical (unpaired) electrons. The lowest BCUT2D eigenvalue weighted by atomic mass is 10.5. The predicted octanol–water partition coefficient (Wildman–Crippen LogP) is 0.659. The summed E-state index contributed by atoms with van der Waals surface area (Å²) < 4.78 is 4.48. The molecule has 0 amide bonds. The summed E-state index contributed by atoms with van der Waals surface area (Å²) in [6.07, 6.45) is 0.105. The van der Waals surface area contributed by atoms with Gasteiger partial charge in [0.05, 0.1) is 19.6 Å². The van der Waals surface area contributed by atoms with Crippen LogP contribution in [0.5, 0.6) is 0 Å². The van der Waals surface area contributed by atoms with Crippen molar-refractivity contribution in [3.63, 3.8) is 0 Å². The van der Waals surface area contributed by atoms with E-state index in [-0.39, 0.29) is 19.0 Å². The summed E-state index contributed by atoms with van der Waals surface area (Å²) >= 11 is 0. The molecule has 0 aromatic rings. The van der Waals surface area contributed by atoms with Crippen molar-refractivity contribution < 1.29 is 93.8 Å². The van der Waals surface area contributed by atoms with Crippen molar-refractivity contribution in [1.82, 2.24) is 0 Å². The van der Waals surface area contributed by atoms with Crippen LogP contribution in [0.3, 0.4) is 0 Å². The monoisotopic (exact) mass is 598 g/mol. The quantitative estimate of drug-likeness (QED) is 0.201. The zero-order valence-corrected chi connectivity index (χ0v) is 23.7. The number of hydrogen-bond donors (Lipinski definition) is 9. The van der Waals surface area contributed by atoms with E-state index in [4.69, 9.17) is 84.3 Å². The van der Waals surface area contributed by atoms with Gasteiger partial charge in [0, 0.05) is 55.4 Å². The van der Waals surface area contributed by atoms with Crippen LogP contribution in [-0.4, -0.2) is 113 Å². The molecule has 0 saturated heterocycles. The van der Waals surface area contributed by atoms with Gasteiger partial charge in [0.1, 0.15) is 0 Å². The van der Waals surface area contributed by atoms with E-state index in [1.165, 1.54) is 0 Å². The molecule has 0 bridgehead atoms. The second-order valence-corrected chi connectivity index (χ2v) is 5.43. The molecule has 19 heteroatoms. The minimum atomic E-state index is -0.833. The van der Waals surface area contributed by atoms with Crippen molar-refractivity contribution in [3.8, 4) is 0 Å². The Bertz CT molecular complexity index is 499. The Kier molecular flexibility index (Phi) is 82.3. The van der Waals surface area contributed by atoms with Crippen LogP contribution >= 0.6 is 0 Å². The number of carboxylic acids is 8. The van der Waals surface area contributed by atoms with Gasteiger partial charge in [0.15, 0.2) is 0 Å². The number of esters is 1. The molecule has 0 unspecified atom stereocenters. The summed E-state index contributed by atoms with van der Waals surface area (Å²) in [6.45, 7) is 10.7. The molecule has 0 aliphatic rings. The lowest BCUT2D eigenvalue weighted by Gasteiger charge is -1.96. The molecule has 0 aromatic carbocycles. The first kappa shape index (κ1) is 60.0. The zero-order valence-electron chi connectivity index (χ0n) is 23.7. The molecule has 0 aliphatic carbocycles. The fourth-order valence-corrected chi connectivity index (χ4v) is 0.324. The Morgan fingerprint density at radius 2 is 0.550 bits per heavy atom. The van der Waals surface area contributed by atoms with E-state index < -0.39 is 47.8 Å². The zero-order chi connectivity index (χ0) is 35.0. The molecule has 9 N–H and O–H groups in total. The van der Waals surface area contributed by atoms with Gasteiger partial charge in [0.2, 0.25) is 0 Å². The maximum Gasteiger partial charge on any atom is 0.308 e. The molecule has 0 atom stereocenters. The summed E-state index contributed by atoms with van der Waals surface area (Å²) in [5.74, 6) is -7.00. The van der Waals surface area contributed by atoms with Crippen molar-refractivity contribution in [2.45, 2.75) is 68.7 Å². The van der Waals surface area contributed by atoms with Gasteiger partial charge in [-0.2, -0.15) is 0 Å². The molecule has 40 heavy (non-hydrogen) atoms. The van der Waals surface area contributed by atoms with Crippen LogP contribution in [0.15, 0.2) is 0 Å². The molecule has 0 rings (SSSR count). The average Bonchev–Trinajstić information content (AvgIpc) is 2.58. The van der Waals surface area contributed by atoms with Crippen LogP contribution in [0.25, 0.3) is 0 Å². The Labute approximate surface area is 230 Å². The van der Waals surface area contributed by atoms with Gasteiger partial charge in [-0.05, 0) is 6.92 Å². The van der Waals surface area contributed by atoms with Crippen molar-refractivity contribution >= 4 is 53.7 Å². The summed E-state index contributed by atoms with van der Waals surface area (Å²) in [4.78, 5) is 82.3. The fraction of sp³-hybridized carbons (Fsp3) is 0.571. The Morgan fingerprint density at radius 3 is 0.625 bits per heavy atom. The van der Waals surface area contributed by atoms with E-state index in [1.807, 2.05) is 0 Å². The number of aliphatic carboxylic acids is 8. The number of hydrogen-bond acceptors (Lipinski definition) is 11. The number of aliphatic hydroxyl groups excluding tert-OH is 1. The van der Waals surface area contributed by atoms with Crippen LogP contribution in [0, 0.1) is 0 Å². The van der Waals surface area contributed by atoms with Gasteiger partial charge >= 0.3 is 5.97 Å². The van der Waals surface area contributed by atoms with Gasteiger partial charge in [-0.25, -0.2) is 0 Å². The van der Waals surface area contributed by atoms with Crippen molar-refractivity contribution in [2.24, 2.45) is 0 Å². The Balaban J connectivity index is -0.0000000392. The van der Waals surface area contributed by atoms with Gasteiger partial charge in [0.25, 0.3) is 47.8 Å². The third kappa shape index (κ3) is 24300. The number of carboxylic acid groups (broad SMARTS) is 8. The second-order valence-electron chi connectivity index (χ2n) is 5.43. The SMILES string of the molecule is CC(=O)O.CC(=O)O.CC(=O)O.CC(=O)O.CC(=O)O.CC(=O)O.CC(=O)O.CC(=O)O.CCOC(=O)CCO. The van der Waals surface area contributed by atoms with Crippen LogP contribution in [0.4, 0.5) is 0 Å². The minimum Gasteiger partial charge on any atom is -0.481 e. The number of carbonyl (C=O) groups excluding carboxylic acids is 1. The summed E-state index contributed by atoms with van der Waals surface area (Å²) in [5, 5.41) is 67.5.